The summed E-state index contributed by atoms with van der Waals surface area (Å²) in [5.74, 6) is -1.86. The molecule has 7 nitrogen and oxygen atoms in total. The van der Waals surface area contributed by atoms with Crippen molar-refractivity contribution in [2.24, 2.45) is 0 Å². The molecule has 1 fully saturated rings. The monoisotopic (exact) mass is 348 g/mol. The van der Waals surface area contributed by atoms with Crippen molar-refractivity contribution in [2.75, 3.05) is 13.2 Å². The summed E-state index contributed by atoms with van der Waals surface area (Å²) in [6.07, 6.45) is 2.73. The number of hydrogen-bond acceptors (Lipinski definition) is 4. The van der Waals surface area contributed by atoms with Crippen molar-refractivity contribution in [3.63, 3.8) is 0 Å². The number of halogens is 2. The van der Waals surface area contributed by atoms with Gasteiger partial charge in [-0.3, -0.25) is 9.89 Å². The fraction of sp³-hybridized carbons (Fsp3) is 0.250. The fourth-order valence-electron chi connectivity index (χ4n) is 2.77. The van der Waals surface area contributed by atoms with Crippen molar-refractivity contribution in [3.8, 4) is 5.75 Å². The third kappa shape index (κ3) is 2.93. The molecule has 0 spiro atoms. The Morgan fingerprint density at radius 3 is 3.04 bits per heavy atom. The maximum Gasteiger partial charge on any atom is 0.268 e. The Labute approximate surface area is 140 Å². The van der Waals surface area contributed by atoms with Crippen LogP contribution in [0.5, 0.6) is 5.75 Å². The smallest absolute Gasteiger partial charge is 0.268 e. The molecule has 3 aromatic rings. The van der Waals surface area contributed by atoms with Gasteiger partial charge in [0.2, 0.25) is 0 Å². The highest BCUT2D eigenvalue weighted by Gasteiger charge is 2.32. The van der Waals surface area contributed by atoms with Crippen LogP contribution < -0.4 is 10.1 Å². The molecule has 1 amide bonds. The lowest BCUT2D eigenvalue weighted by molar-refractivity contribution is 0.0900. The molecule has 9 heteroatoms. The molecule has 1 aliphatic heterocycles. The van der Waals surface area contributed by atoms with E-state index in [0.717, 1.165) is 6.07 Å². The third-order valence-corrected chi connectivity index (χ3v) is 4.04. The highest BCUT2D eigenvalue weighted by Crippen LogP contribution is 2.22. The van der Waals surface area contributed by atoms with Crippen molar-refractivity contribution in [1.82, 2.24) is 20.5 Å². The van der Waals surface area contributed by atoms with Crippen LogP contribution in [-0.2, 0) is 4.74 Å². The maximum atomic E-state index is 13.8. The molecule has 3 heterocycles. The van der Waals surface area contributed by atoms with Gasteiger partial charge in [-0.2, -0.15) is 5.10 Å². The van der Waals surface area contributed by atoms with Crippen LogP contribution in [-0.4, -0.2) is 46.4 Å². The van der Waals surface area contributed by atoms with Gasteiger partial charge < -0.3 is 19.8 Å². The molecular weight excluding hydrogens is 334 g/mol. The van der Waals surface area contributed by atoms with E-state index < -0.39 is 17.5 Å². The van der Waals surface area contributed by atoms with Gasteiger partial charge in [-0.15, -0.1) is 0 Å². The van der Waals surface area contributed by atoms with Gasteiger partial charge >= 0.3 is 0 Å². The molecule has 130 valence electrons. The third-order valence-electron chi connectivity index (χ3n) is 4.04. The number of aromatic nitrogens is 3. The van der Waals surface area contributed by atoms with E-state index in [1.807, 2.05) is 0 Å². The molecular formula is C16H14F2N4O3. The van der Waals surface area contributed by atoms with Crippen LogP contribution in [0.25, 0.3) is 10.9 Å². The summed E-state index contributed by atoms with van der Waals surface area (Å²) in [7, 11) is 0. The van der Waals surface area contributed by atoms with E-state index in [4.69, 9.17) is 9.47 Å². The second kappa shape index (κ2) is 6.17. The zero-order valence-corrected chi connectivity index (χ0v) is 12.9. The molecule has 1 saturated heterocycles. The highest BCUT2D eigenvalue weighted by molar-refractivity contribution is 5.98. The van der Waals surface area contributed by atoms with Gasteiger partial charge in [-0.25, -0.2) is 8.78 Å². The number of amides is 1. The van der Waals surface area contributed by atoms with Crippen LogP contribution in [0.2, 0.25) is 0 Å². The molecule has 25 heavy (non-hydrogen) atoms. The molecule has 1 aromatic carbocycles. The minimum absolute atomic E-state index is 0.0269. The number of nitrogens with zero attached hydrogens (tertiary/aromatic N) is 1. The van der Waals surface area contributed by atoms with Gasteiger partial charge in [-0.1, -0.05) is 0 Å². The van der Waals surface area contributed by atoms with E-state index in [1.165, 1.54) is 18.3 Å². The second-order valence-corrected chi connectivity index (χ2v) is 5.71. The first-order chi connectivity index (χ1) is 12.1. The Morgan fingerprint density at radius 2 is 2.24 bits per heavy atom. The standard InChI is InChI=1S/C16H14F2N4O3/c17-10-1-2-11-9(15(10)18)3-12(21-11)16(23)22-13-6-24-7-14(13)25-8-4-19-20-5-8/h1-5,13-14,21H,6-7H2,(H,19,20)(H,22,23)/t13-,14+/m0/s1. The number of hydrogen-bond donors (Lipinski definition) is 3. The largest absolute Gasteiger partial charge is 0.482 e. The molecule has 0 unspecified atom stereocenters. The number of aromatic amines is 2. The van der Waals surface area contributed by atoms with Gasteiger partial charge in [0.25, 0.3) is 5.91 Å². The zero-order chi connectivity index (χ0) is 17.4. The second-order valence-electron chi connectivity index (χ2n) is 5.71. The van der Waals surface area contributed by atoms with Crippen LogP contribution in [0.4, 0.5) is 8.78 Å². The Hall–Kier alpha value is -2.94. The predicted octanol–water partition coefficient (Wildman–Crippen LogP) is 1.75. The van der Waals surface area contributed by atoms with Gasteiger partial charge in [0.1, 0.15) is 11.8 Å². The van der Waals surface area contributed by atoms with Crippen molar-refractivity contribution in [2.45, 2.75) is 12.1 Å². The summed E-state index contributed by atoms with van der Waals surface area (Å²) in [4.78, 5) is 15.2. The Kier molecular flexibility index (Phi) is 3.85. The summed E-state index contributed by atoms with van der Waals surface area (Å²) in [6.45, 7) is 0.611. The molecule has 1 aliphatic rings. The highest BCUT2D eigenvalue weighted by atomic mass is 19.2. The van der Waals surface area contributed by atoms with Crippen LogP contribution >= 0.6 is 0 Å². The summed E-state index contributed by atoms with van der Waals surface area (Å²) < 4.78 is 38.1. The summed E-state index contributed by atoms with van der Waals surface area (Å²) in [5, 5.41) is 9.24. The minimum Gasteiger partial charge on any atom is -0.482 e. The Balaban J connectivity index is 1.50. The first kappa shape index (κ1) is 15.6. The molecule has 0 aliphatic carbocycles. The molecule has 0 saturated carbocycles. The number of fused-ring (bicyclic) bond motifs is 1. The van der Waals surface area contributed by atoms with E-state index in [1.54, 1.807) is 6.20 Å². The van der Waals surface area contributed by atoms with Gasteiger partial charge in [0, 0.05) is 10.9 Å². The van der Waals surface area contributed by atoms with Crippen LogP contribution in [0.3, 0.4) is 0 Å². The molecule has 2 aromatic heterocycles. The first-order valence-corrected chi connectivity index (χ1v) is 7.62. The summed E-state index contributed by atoms with van der Waals surface area (Å²) in [5.41, 5.74) is 0.478. The summed E-state index contributed by atoms with van der Waals surface area (Å²) >= 11 is 0. The number of rotatable bonds is 4. The van der Waals surface area contributed by atoms with E-state index >= 15 is 0 Å². The van der Waals surface area contributed by atoms with Gasteiger partial charge in [0.05, 0.1) is 31.6 Å². The lowest BCUT2D eigenvalue weighted by atomic mass is 10.2. The first-order valence-electron chi connectivity index (χ1n) is 7.62. The van der Waals surface area contributed by atoms with Gasteiger partial charge in [-0.05, 0) is 18.2 Å². The lowest BCUT2D eigenvalue weighted by Gasteiger charge is -2.19. The van der Waals surface area contributed by atoms with E-state index in [-0.39, 0.29) is 29.8 Å². The SMILES string of the molecule is O=C(N[C@H]1COC[C@H]1Oc1cn[nH]c1)c1cc2c(F)c(F)ccc2[nH]1. The predicted molar refractivity (Wildman–Crippen MR) is 83.3 cm³/mol. The van der Waals surface area contributed by atoms with E-state index in [0.29, 0.717) is 17.9 Å². The van der Waals surface area contributed by atoms with Crippen LogP contribution in [0.15, 0.2) is 30.6 Å². The van der Waals surface area contributed by atoms with Crippen molar-refractivity contribution < 1.29 is 23.0 Å². The molecule has 3 N–H and O–H groups in total. The molecule has 0 radical (unpaired) electrons. The molecule has 2 atom stereocenters. The minimum atomic E-state index is -0.988. The molecule has 4 rings (SSSR count). The van der Waals surface area contributed by atoms with Crippen molar-refractivity contribution in [1.29, 1.82) is 0 Å². The van der Waals surface area contributed by atoms with E-state index in [2.05, 4.69) is 20.5 Å². The average molecular weight is 348 g/mol. The van der Waals surface area contributed by atoms with Crippen LogP contribution in [0.1, 0.15) is 10.5 Å². The van der Waals surface area contributed by atoms with E-state index in [9.17, 15) is 13.6 Å². The van der Waals surface area contributed by atoms with Gasteiger partial charge in [0.15, 0.2) is 17.4 Å². The summed E-state index contributed by atoms with van der Waals surface area (Å²) in [6, 6.07) is 3.30. The maximum absolute atomic E-state index is 13.8. The topological polar surface area (TPSA) is 92.0 Å². The quantitative estimate of drug-likeness (QED) is 0.670. The van der Waals surface area contributed by atoms with Crippen molar-refractivity contribution >= 4 is 16.8 Å². The molecule has 0 bridgehead atoms. The Bertz CT molecular complexity index is 910. The number of nitrogens with one attached hydrogen (secondary N) is 3. The lowest BCUT2D eigenvalue weighted by Crippen LogP contribution is -2.45. The zero-order valence-electron chi connectivity index (χ0n) is 12.9. The number of carbonyl (C=O) groups excluding carboxylic acids is 1. The van der Waals surface area contributed by atoms with Crippen molar-refractivity contribution in [3.05, 3.63) is 47.9 Å². The number of carbonyl (C=O) groups is 1. The fourth-order valence-corrected chi connectivity index (χ4v) is 2.77. The normalized spacial score (nSPS) is 20.1. The number of H-pyrrole nitrogens is 2. The number of benzene rings is 1. The number of ether oxygens (including phenoxy) is 2. The Morgan fingerprint density at radius 1 is 1.36 bits per heavy atom. The van der Waals surface area contributed by atoms with Crippen LogP contribution in [0, 0.1) is 11.6 Å². The average Bonchev–Trinajstić information content (AvgIpc) is 3.33.